The summed E-state index contributed by atoms with van der Waals surface area (Å²) in [5.74, 6) is 0.844. The van der Waals surface area contributed by atoms with Gasteiger partial charge in [-0.15, -0.1) is 0 Å². The van der Waals surface area contributed by atoms with Gasteiger partial charge in [-0.2, -0.15) is 0 Å². The first kappa shape index (κ1) is 12.1. The van der Waals surface area contributed by atoms with Crippen molar-refractivity contribution in [2.45, 2.75) is 44.8 Å². The molecule has 0 amide bonds. The highest BCUT2D eigenvalue weighted by Gasteiger charge is 2.40. The highest BCUT2D eigenvalue weighted by molar-refractivity contribution is 6.03. The number of ether oxygens (including phenoxy) is 1. The molecule has 0 bridgehead atoms. The van der Waals surface area contributed by atoms with E-state index in [-0.39, 0.29) is 11.9 Å². The quantitative estimate of drug-likeness (QED) is 0.813. The molecule has 3 heteroatoms. The van der Waals surface area contributed by atoms with E-state index in [2.05, 4.69) is 0 Å². The lowest BCUT2D eigenvalue weighted by Gasteiger charge is -2.36. The Morgan fingerprint density at radius 2 is 1.88 bits per heavy atom. The van der Waals surface area contributed by atoms with Crippen molar-refractivity contribution in [3.8, 4) is 5.75 Å². The van der Waals surface area contributed by atoms with Crippen LogP contribution in [-0.4, -0.2) is 17.4 Å². The van der Waals surface area contributed by atoms with Crippen molar-refractivity contribution >= 4 is 5.78 Å². The Morgan fingerprint density at radius 3 is 2.29 bits per heavy atom. The second-order valence-corrected chi connectivity index (χ2v) is 5.03. The highest BCUT2D eigenvalue weighted by Crippen LogP contribution is 2.32. The van der Waals surface area contributed by atoms with Crippen LogP contribution in [0.4, 0.5) is 0 Å². The third kappa shape index (κ3) is 2.50. The van der Waals surface area contributed by atoms with Crippen LogP contribution in [0.5, 0.6) is 5.75 Å². The molecule has 0 heterocycles. The van der Waals surface area contributed by atoms with Crippen LogP contribution in [-0.2, 0) is 0 Å². The second kappa shape index (κ2) is 4.49. The Hall–Kier alpha value is -1.35. The van der Waals surface area contributed by atoms with E-state index in [9.17, 15) is 4.79 Å². The van der Waals surface area contributed by atoms with Crippen LogP contribution in [0, 0.1) is 0 Å². The molecule has 0 aliphatic heterocycles. The van der Waals surface area contributed by atoms with Gasteiger partial charge in [0.05, 0.1) is 11.6 Å². The summed E-state index contributed by atoms with van der Waals surface area (Å²) in [7, 11) is 0. The molecule has 0 saturated heterocycles. The van der Waals surface area contributed by atoms with Gasteiger partial charge in [0.25, 0.3) is 0 Å². The maximum absolute atomic E-state index is 12.1. The van der Waals surface area contributed by atoms with Crippen LogP contribution in [0.1, 0.15) is 43.5 Å². The van der Waals surface area contributed by atoms with Gasteiger partial charge in [0.1, 0.15) is 5.75 Å². The van der Waals surface area contributed by atoms with E-state index in [1.54, 1.807) is 12.1 Å². The van der Waals surface area contributed by atoms with Crippen LogP contribution in [0.15, 0.2) is 24.3 Å². The summed E-state index contributed by atoms with van der Waals surface area (Å²) in [5, 5.41) is 0. The number of carbonyl (C=O) groups excluding carboxylic acids is 1. The summed E-state index contributed by atoms with van der Waals surface area (Å²) < 4.78 is 5.53. The lowest BCUT2D eigenvalue weighted by Crippen LogP contribution is -2.53. The molecule has 1 aromatic rings. The summed E-state index contributed by atoms with van der Waals surface area (Å²) >= 11 is 0. The maximum Gasteiger partial charge on any atom is 0.182 e. The van der Waals surface area contributed by atoms with Crippen molar-refractivity contribution in [1.82, 2.24) is 0 Å². The SMILES string of the molecule is CC(C)Oc1ccc(C(=O)C2(N)CCC2)cc1. The topological polar surface area (TPSA) is 52.3 Å². The predicted octanol–water partition coefficient (Wildman–Crippen LogP) is 2.54. The zero-order valence-corrected chi connectivity index (χ0v) is 10.4. The van der Waals surface area contributed by atoms with Crippen molar-refractivity contribution in [3.05, 3.63) is 29.8 Å². The fourth-order valence-corrected chi connectivity index (χ4v) is 2.03. The monoisotopic (exact) mass is 233 g/mol. The van der Waals surface area contributed by atoms with Crippen LogP contribution in [0.25, 0.3) is 0 Å². The molecule has 1 fully saturated rings. The van der Waals surface area contributed by atoms with E-state index < -0.39 is 5.54 Å². The molecule has 3 nitrogen and oxygen atoms in total. The van der Waals surface area contributed by atoms with Crippen LogP contribution >= 0.6 is 0 Å². The molecular weight excluding hydrogens is 214 g/mol. The first-order chi connectivity index (χ1) is 8.01. The Balaban J connectivity index is 2.10. The molecule has 2 rings (SSSR count). The van der Waals surface area contributed by atoms with Gasteiger partial charge in [0.15, 0.2) is 5.78 Å². The predicted molar refractivity (Wildman–Crippen MR) is 67.3 cm³/mol. The zero-order valence-electron chi connectivity index (χ0n) is 10.4. The normalized spacial score (nSPS) is 17.6. The molecule has 1 saturated carbocycles. The molecule has 17 heavy (non-hydrogen) atoms. The summed E-state index contributed by atoms with van der Waals surface area (Å²) in [6.07, 6.45) is 2.80. The molecule has 0 atom stereocenters. The van der Waals surface area contributed by atoms with Gasteiger partial charge < -0.3 is 10.5 Å². The number of nitrogens with two attached hydrogens (primary N) is 1. The number of hydrogen-bond acceptors (Lipinski definition) is 3. The Labute approximate surface area is 102 Å². The lowest BCUT2D eigenvalue weighted by atomic mass is 9.73. The van der Waals surface area contributed by atoms with Gasteiger partial charge in [-0.25, -0.2) is 0 Å². The number of ketones is 1. The third-order valence-electron chi connectivity index (χ3n) is 3.19. The standard InChI is InChI=1S/C14H19NO2/c1-10(2)17-12-6-4-11(5-7-12)13(16)14(15)8-3-9-14/h4-7,10H,3,8-9,15H2,1-2H3. The van der Waals surface area contributed by atoms with Crippen LogP contribution < -0.4 is 10.5 Å². The number of Topliss-reactive ketones (excluding diaryl/α,β-unsaturated/α-hetero) is 1. The minimum atomic E-state index is -0.611. The lowest BCUT2D eigenvalue weighted by molar-refractivity contribution is 0.0800. The van der Waals surface area contributed by atoms with Gasteiger partial charge in [-0.1, -0.05) is 0 Å². The molecule has 1 aliphatic rings. The maximum atomic E-state index is 12.1. The van der Waals surface area contributed by atoms with Crippen molar-refractivity contribution < 1.29 is 9.53 Å². The van der Waals surface area contributed by atoms with Gasteiger partial charge in [-0.3, -0.25) is 4.79 Å². The Bertz CT molecular complexity index is 405. The summed E-state index contributed by atoms with van der Waals surface area (Å²) in [5.41, 5.74) is 6.09. The summed E-state index contributed by atoms with van der Waals surface area (Å²) in [4.78, 5) is 12.1. The van der Waals surface area contributed by atoms with E-state index in [0.717, 1.165) is 25.0 Å². The average Bonchev–Trinajstić information content (AvgIpc) is 2.25. The second-order valence-electron chi connectivity index (χ2n) is 5.03. The van der Waals surface area contributed by atoms with E-state index in [4.69, 9.17) is 10.5 Å². The van der Waals surface area contributed by atoms with Gasteiger partial charge in [-0.05, 0) is 57.4 Å². The number of benzene rings is 1. The van der Waals surface area contributed by atoms with Crippen molar-refractivity contribution in [1.29, 1.82) is 0 Å². The number of hydrogen-bond donors (Lipinski definition) is 1. The van der Waals surface area contributed by atoms with Gasteiger partial charge >= 0.3 is 0 Å². The first-order valence-electron chi connectivity index (χ1n) is 6.12. The van der Waals surface area contributed by atoms with Crippen LogP contribution in [0.2, 0.25) is 0 Å². The van der Waals surface area contributed by atoms with Crippen LogP contribution in [0.3, 0.4) is 0 Å². The molecule has 0 aromatic heterocycles. The largest absolute Gasteiger partial charge is 0.491 e. The highest BCUT2D eigenvalue weighted by atomic mass is 16.5. The van der Waals surface area contributed by atoms with Gasteiger partial charge in [0, 0.05) is 5.56 Å². The Kier molecular flexibility index (Phi) is 3.20. The molecule has 0 unspecified atom stereocenters. The fraction of sp³-hybridized carbons (Fsp3) is 0.500. The zero-order chi connectivity index (χ0) is 12.5. The van der Waals surface area contributed by atoms with E-state index in [1.165, 1.54) is 0 Å². The number of rotatable bonds is 4. The van der Waals surface area contributed by atoms with E-state index >= 15 is 0 Å². The molecule has 1 aromatic carbocycles. The summed E-state index contributed by atoms with van der Waals surface area (Å²) in [6, 6.07) is 7.25. The van der Waals surface area contributed by atoms with Crippen molar-refractivity contribution in [3.63, 3.8) is 0 Å². The third-order valence-corrected chi connectivity index (χ3v) is 3.19. The van der Waals surface area contributed by atoms with Gasteiger partial charge in [0.2, 0.25) is 0 Å². The molecule has 2 N–H and O–H groups in total. The minimum Gasteiger partial charge on any atom is -0.491 e. The number of carbonyl (C=O) groups is 1. The first-order valence-corrected chi connectivity index (χ1v) is 6.12. The smallest absolute Gasteiger partial charge is 0.182 e. The Morgan fingerprint density at radius 1 is 1.29 bits per heavy atom. The molecule has 0 radical (unpaired) electrons. The van der Waals surface area contributed by atoms with E-state index in [0.29, 0.717) is 5.56 Å². The van der Waals surface area contributed by atoms with Crippen molar-refractivity contribution in [2.75, 3.05) is 0 Å². The minimum absolute atomic E-state index is 0.0554. The fourth-order valence-electron chi connectivity index (χ4n) is 2.03. The molecular formula is C14H19NO2. The molecule has 1 aliphatic carbocycles. The van der Waals surface area contributed by atoms with Crippen molar-refractivity contribution in [2.24, 2.45) is 5.73 Å². The molecule has 0 spiro atoms. The summed E-state index contributed by atoms with van der Waals surface area (Å²) in [6.45, 7) is 3.95. The molecule has 92 valence electrons. The average molecular weight is 233 g/mol. The van der Waals surface area contributed by atoms with E-state index in [1.807, 2.05) is 26.0 Å².